The second-order valence-electron chi connectivity index (χ2n) is 2.43. The van der Waals surface area contributed by atoms with E-state index in [2.05, 4.69) is 4.98 Å². The minimum absolute atomic E-state index is 0. The van der Waals surface area contributed by atoms with Crippen LogP contribution in [0.2, 0.25) is 5.15 Å². The first-order valence-electron chi connectivity index (χ1n) is 3.35. The molecule has 2 nitrogen and oxygen atoms in total. The molecule has 0 aromatic carbocycles. The molecule has 2 N–H and O–H groups in total. The lowest BCUT2D eigenvalue weighted by Crippen LogP contribution is -2.28. The lowest BCUT2D eigenvalue weighted by molar-refractivity contribution is -0.149. The topological polar surface area (TPSA) is 38.9 Å². The van der Waals surface area contributed by atoms with Crippen LogP contribution in [0.4, 0.5) is 13.2 Å². The number of alkyl halides is 3. The molecule has 0 aliphatic carbocycles. The van der Waals surface area contributed by atoms with E-state index in [0.717, 1.165) is 6.07 Å². The maximum atomic E-state index is 12.1. The van der Waals surface area contributed by atoms with Gasteiger partial charge in [0.15, 0.2) is 0 Å². The van der Waals surface area contributed by atoms with Gasteiger partial charge in [-0.2, -0.15) is 13.2 Å². The zero-order valence-electron chi connectivity index (χ0n) is 6.75. The molecule has 0 fully saturated rings. The summed E-state index contributed by atoms with van der Waals surface area (Å²) in [5, 5.41) is -0.00259. The van der Waals surface area contributed by atoms with Crippen molar-refractivity contribution in [2.75, 3.05) is 0 Å². The van der Waals surface area contributed by atoms with Crippen molar-refractivity contribution in [1.29, 1.82) is 0 Å². The molecule has 0 saturated heterocycles. The first kappa shape index (κ1) is 13.5. The summed E-state index contributed by atoms with van der Waals surface area (Å²) in [6.45, 7) is 0. The van der Waals surface area contributed by atoms with Crippen molar-refractivity contribution in [2.24, 2.45) is 5.73 Å². The third-order valence-corrected chi connectivity index (χ3v) is 1.67. The number of hydrogen-bond acceptors (Lipinski definition) is 2. The van der Waals surface area contributed by atoms with Crippen LogP contribution < -0.4 is 5.73 Å². The smallest absolute Gasteiger partial charge is 0.316 e. The van der Waals surface area contributed by atoms with Crippen LogP contribution in [0.15, 0.2) is 18.3 Å². The molecule has 7 heteroatoms. The van der Waals surface area contributed by atoms with Gasteiger partial charge in [-0.25, -0.2) is 4.98 Å². The van der Waals surface area contributed by atoms with Gasteiger partial charge in [-0.3, -0.25) is 0 Å². The molecule has 0 radical (unpaired) electrons. The molecular formula is C7H7Cl2F3N2. The molecule has 1 atom stereocenters. The minimum Gasteiger partial charge on any atom is -0.316 e. The summed E-state index contributed by atoms with van der Waals surface area (Å²) in [4.78, 5) is 3.55. The van der Waals surface area contributed by atoms with Gasteiger partial charge in [0.25, 0.3) is 0 Å². The van der Waals surface area contributed by atoms with Gasteiger partial charge in [-0.15, -0.1) is 12.4 Å². The van der Waals surface area contributed by atoms with Gasteiger partial charge in [-0.05, 0) is 17.7 Å². The third-order valence-electron chi connectivity index (χ3n) is 1.46. The van der Waals surface area contributed by atoms with Crippen molar-refractivity contribution in [2.45, 2.75) is 12.2 Å². The monoisotopic (exact) mass is 246 g/mol. The number of rotatable bonds is 1. The van der Waals surface area contributed by atoms with Gasteiger partial charge < -0.3 is 5.73 Å². The average Bonchev–Trinajstić information content (AvgIpc) is 2.01. The highest BCUT2D eigenvalue weighted by atomic mass is 35.5. The average molecular weight is 247 g/mol. The zero-order chi connectivity index (χ0) is 10.1. The maximum Gasteiger partial charge on any atom is 0.407 e. The first-order chi connectivity index (χ1) is 5.91. The van der Waals surface area contributed by atoms with Crippen LogP contribution in [0.25, 0.3) is 0 Å². The van der Waals surface area contributed by atoms with Crippen LogP contribution in [0.5, 0.6) is 0 Å². The summed E-state index contributed by atoms with van der Waals surface area (Å²) in [5.41, 5.74) is 4.84. The van der Waals surface area contributed by atoms with E-state index in [1.165, 1.54) is 12.3 Å². The summed E-state index contributed by atoms with van der Waals surface area (Å²) in [6, 6.07) is 0.275. The van der Waals surface area contributed by atoms with Gasteiger partial charge in [0.05, 0.1) is 0 Å². The quantitative estimate of drug-likeness (QED) is 0.775. The maximum absolute atomic E-state index is 12.1. The van der Waals surface area contributed by atoms with E-state index in [-0.39, 0.29) is 23.1 Å². The Labute approximate surface area is 89.7 Å². The molecule has 0 bridgehead atoms. The Kier molecular flexibility index (Phi) is 4.64. The van der Waals surface area contributed by atoms with E-state index in [0.29, 0.717) is 0 Å². The Morgan fingerprint density at radius 1 is 1.43 bits per heavy atom. The van der Waals surface area contributed by atoms with Crippen LogP contribution in [0, 0.1) is 0 Å². The summed E-state index contributed by atoms with van der Waals surface area (Å²) < 4.78 is 36.2. The molecule has 0 unspecified atom stereocenters. The number of hydrogen-bond donors (Lipinski definition) is 1. The van der Waals surface area contributed by atoms with Crippen molar-refractivity contribution in [3.8, 4) is 0 Å². The Hall–Kier alpha value is -0.520. The standard InChI is InChI=1S/C7H6ClF3N2.ClH/c8-5-3-4(1-2-13-5)6(12)7(9,10)11;/h1-3,6H,12H2;1H/t6-;/m0./s1. The fourth-order valence-electron chi connectivity index (χ4n) is 0.800. The van der Waals surface area contributed by atoms with Crippen molar-refractivity contribution in [3.05, 3.63) is 29.0 Å². The van der Waals surface area contributed by atoms with Crippen molar-refractivity contribution in [3.63, 3.8) is 0 Å². The minimum atomic E-state index is -4.45. The van der Waals surface area contributed by atoms with E-state index in [1.54, 1.807) is 0 Å². The van der Waals surface area contributed by atoms with E-state index in [9.17, 15) is 13.2 Å². The van der Waals surface area contributed by atoms with E-state index < -0.39 is 12.2 Å². The molecule has 1 heterocycles. The van der Waals surface area contributed by atoms with Crippen LogP contribution in [-0.4, -0.2) is 11.2 Å². The van der Waals surface area contributed by atoms with Crippen LogP contribution in [-0.2, 0) is 0 Å². The van der Waals surface area contributed by atoms with Crippen LogP contribution in [0.3, 0.4) is 0 Å². The molecule has 80 valence electrons. The molecule has 0 amide bonds. The number of nitrogens with zero attached hydrogens (tertiary/aromatic N) is 1. The molecular weight excluding hydrogens is 240 g/mol. The Balaban J connectivity index is 0.00000169. The molecule has 0 spiro atoms. The van der Waals surface area contributed by atoms with E-state index in [4.69, 9.17) is 17.3 Å². The van der Waals surface area contributed by atoms with Crippen LogP contribution in [0.1, 0.15) is 11.6 Å². The summed E-state index contributed by atoms with van der Waals surface area (Å²) in [5.74, 6) is 0. The third kappa shape index (κ3) is 3.32. The number of halogens is 5. The molecule has 14 heavy (non-hydrogen) atoms. The van der Waals surface area contributed by atoms with Gasteiger partial charge in [-0.1, -0.05) is 11.6 Å². The molecule has 0 aliphatic heterocycles. The van der Waals surface area contributed by atoms with Crippen LogP contribution >= 0.6 is 24.0 Å². The lowest BCUT2D eigenvalue weighted by Gasteiger charge is -2.15. The first-order valence-corrected chi connectivity index (χ1v) is 3.73. The Bertz CT molecular complexity index is 303. The second-order valence-corrected chi connectivity index (χ2v) is 2.82. The van der Waals surface area contributed by atoms with E-state index >= 15 is 0 Å². The normalized spacial score (nSPS) is 13.2. The zero-order valence-corrected chi connectivity index (χ0v) is 8.33. The summed E-state index contributed by atoms with van der Waals surface area (Å²) in [6.07, 6.45) is -3.27. The highest BCUT2D eigenvalue weighted by molar-refractivity contribution is 6.29. The summed E-state index contributed by atoms with van der Waals surface area (Å²) in [7, 11) is 0. The van der Waals surface area contributed by atoms with Gasteiger partial charge >= 0.3 is 6.18 Å². The number of nitrogens with two attached hydrogens (primary N) is 1. The van der Waals surface area contributed by atoms with Gasteiger partial charge in [0.1, 0.15) is 11.2 Å². The van der Waals surface area contributed by atoms with Crippen molar-refractivity contribution in [1.82, 2.24) is 4.98 Å². The fraction of sp³-hybridized carbons (Fsp3) is 0.286. The Morgan fingerprint density at radius 2 is 2.00 bits per heavy atom. The predicted molar refractivity (Wildman–Crippen MR) is 49.5 cm³/mol. The number of aromatic nitrogens is 1. The highest BCUT2D eigenvalue weighted by Gasteiger charge is 2.37. The fourth-order valence-corrected chi connectivity index (χ4v) is 0.982. The highest BCUT2D eigenvalue weighted by Crippen LogP contribution is 2.30. The predicted octanol–water partition coefficient (Wildman–Crippen LogP) is 2.72. The van der Waals surface area contributed by atoms with Gasteiger partial charge in [0, 0.05) is 6.20 Å². The molecule has 1 aromatic rings. The summed E-state index contributed by atoms with van der Waals surface area (Å²) >= 11 is 5.40. The SMILES string of the molecule is Cl.N[C@@H](c1ccnc(Cl)c1)C(F)(F)F. The molecule has 1 rings (SSSR count). The number of pyridine rings is 1. The molecule has 0 saturated carbocycles. The largest absolute Gasteiger partial charge is 0.407 e. The lowest BCUT2D eigenvalue weighted by atomic mass is 10.1. The molecule has 0 aliphatic rings. The second kappa shape index (κ2) is 4.82. The van der Waals surface area contributed by atoms with Crippen molar-refractivity contribution < 1.29 is 13.2 Å². The van der Waals surface area contributed by atoms with Crippen molar-refractivity contribution >= 4 is 24.0 Å². The van der Waals surface area contributed by atoms with Gasteiger partial charge in [0.2, 0.25) is 0 Å². The Morgan fingerprint density at radius 3 is 2.43 bits per heavy atom. The molecule has 1 aromatic heterocycles. The van der Waals surface area contributed by atoms with E-state index in [1.807, 2.05) is 0 Å².